The van der Waals surface area contributed by atoms with Crippen molar-refractivity contribution in [2.24, 2.45) is 5.73 Å². The average Bonchev–Trinajstić information content (AvgIpc) is 2.52. The number of anilines is 1. The Kier molecular flexibility index (Phi) is 5.71. The van der Waals surface area contributed by atoms with E-state index >= 15 is 0 Å². The molecule has 0 saturated carbocycles. The minimum absolute atomic E-state index is 0. The Morgan fingerprint density at radius 1 is 1.47 bits per heavy atom. The van der Waals surface area contributed by atoms with E-state index in [2.05, 4.69) is 15.2 Å². The Bertz CT molecular complexity index is 338. The summed E-state index contributed by atoms with van der Waals surface area (Å²) < 4.78 is 0. The van der Waals surface area contributed by atoms with E-state index in [-0.39, 0.29) is 36.5 Å². The van der Waals surface area contributed by atoms with Gasteiger partial charge in [-0.3, -0.25) is 4.98 Å². The first-order valence-electron chi connectivity index (χ1n) is 4.41. The van der Waals surface area contributed by atoms with Gasteiger partial charge in [0.25, 0.3) is 0 Å². The van der Waals surface area contributed by atoms with Crippen LogP contribution in [0, 0.1) is 0 Å². The number of nitrogens with zero attached hydrogens (tertiary/aromatic N) is 2. The van der Waals surface area contributed by atoms with Gasteiger partial charge in [-0.05, 0) is 12.8 Å². The van der Waals surface area contributed by atoms with Gasteiger partial charge in [-0.15, -0.1) is 29.9 Å². The molecular formula is C7H15Cl2N5O. The number of rotatable bonds is 1. The van der Waals surface area contributed by atoms with Crippen LogP contribution in [0.2, 0.25) is 0 Å². The molecule has 1 atom stereocenters. The lowest BCUT2D eigenvalue weighted by atomic mass is 10.1. The zero-order valence-corrected chi connectivity index (χ0v) is 9.74. The van der Waals surface area contributed by atoms with Crippen molar-refractivity contribution >= 4 is 30.8 Å². The molecule has 0 amide bonds. The van der Waals surface area contributed by atoms with Crippen LogP contribution in [0.1, 0.15) is 12.8 Å². The summed E-state index contributed by atoms with van der Waals surface area (Å²) in [5.41, 5.74) is 5.53. The van der Waals surface area contributed by atoms with E-state index in [1.165, 1.54) is 0 Å². The number of aromatic nitrogens is 3. The molecule has 0 aromatic carbocycles. The molecule has 1 aliphatic heterocycles. The van der Waals surface area contributed by atoms with Gasteiger partial charge in [0.15, 0.2) is 0 Å². The summed E-state index contributed by atoms with van der Waals surface area (Å²) in [5, 5.41) is 6.19. The molecule has 1 fully saturated rings. The Balaban J connectivity index is 0.000000980. The molecule has 4 N–H and O–H groups in total. The molecule has 1 aromatic rings. The number of nitrogens with one attached hydrogen (secondary N) is 2. The summed E-state index contributed by atoms with van der Waals surface area (Å²) in [6, 6.07) is 0.189. The maximum Gasteiger partial charge on any atom is 0.342 e. The summed E-state index contributed by atoms with van der Waals surface area (Å²) in [5.74, 6) is 0.597. The molecule has 6 nitrogen and oxygen atoms in total. The molecule has 8 heteroatoms. The van der Waals surface area contributed by atoms with E-state index in [1.54, 1.807) is 0 Å². The van der Waals surface area contributed by atoms with Crippen LogP contribution in [0.5, 0.6) is 0 Å². The fourth-order valence-corrected chi connectivity index (χ4v) is 1.61. The van der Waals surface area contributed by atoms with Gasteiger partial charge in [-0.2, -0.15) is 0 Å². The largest absolute Gasteiger partial charge is 0.342 e. The van der Waals surface area contributed by atoms with Crippen molar-refractivity contribution in [1.29, 1.82) is 0 Å². The highest BCUT2D eigenvalue weighted by molar-refractivity contribution is 5.85. The summed E-state index contributed by atoms with van der Waals surface area (Å²) >= 11 is 0. The van der Waals surface area contributed by atoms with Gasteiger partial charge >= 0.3 is 5.69 Å². The molecule has 1 unspecified atom stereocenters. The van der Waals surface area contributed by atoms with Crippen LogP contribution in [0.15, 0.2) is 4.79 Å². The molecule has 1 aliphatic rings. The van der Waals surface area contributed by atoms with Crippen molar-refractivity contribution in [3.8, 4) is 0 Å². The van der Waals surface area contributed by atoms with E-state index in [0.717, 1.165) is 25.9 Å². The molecule has 2 rings (SSSR count). The van der Waals surface area contributed by atoms with Crippen LogP contribution in [0.3, 0.4) is 0 Å². The van der Waals surface area contributed by atoms with Crippen LogP contribution in [0.25, 0.3) is 0 Å². The minimum Gasteiger partial charge on any atom is -0.340 e. The van der Waals surface area contributed by atoms with Crippen LogP contribution in [-0.4, -0.2) is 34.3 Å². The first kappa shape index (κ1) is 14.3. The lowest BCUT2D eigenvalue weighted by Crippen LogP contribution is -2.43. The Morgan fingerprint density at radius 3 is 2.73 bits per heavy atom. The second-order valence-corrected chi connectivity index (χ2v) is 3.35. The third-order valence-electron chi connectivity index (χ3n) is 2.25. The fraction of sp³-hybridized carbons (Fsp3) is 0.714. The van der Waals surface area contributed by atoms with E-state index in [4.69, 9.17) is 5.73 Å². The zero-order chi connectivity index (χ0) is 9.26. The molecule has 15 heavy (non-hydrogen) atoms. The molecular weight excluding hydrogens is 241 g/mol. The van der Waals surface area contributed by atoms with E-state index < -0.39 is 0 Å². The topological polar surface area (TPSA) is 90.8 Å². The molecule has 0 radical (unpaired) electrons. The van der Waals surface area contributed by atoms with Crippen LogP contribution in [0.4, 0.5) is 5.95 Å². The average molecular weight is 256 g/mol. The highest BCUT2D eigenvalue weighted by Crippen LogP contribution is 2.12. The Hall–Kier alpha value is -0.720. The molecule has 0 bridgehead atoms. The molecule has 88 valence electrons. The number of hydrogen-bond donors (Lipinski definition) is 3. The van der Waals surface area contributed by atoms with E-state index in [0.29, 0.717) is 5.95 Å². The number of nitrogens with two attached hydrogens (primary N) is 1. The highest BCUT2D eigenvalue weighted by Gasteiger charge is 2.18. The standard InChI is InChI=1S/C7H13N5O.2ClH/c8-5-2-1-3-12(4-5)6-9-7(13)11-10-6;;/h5H,1-4,8H2,(H2,9,10,11,13);2*1H. The SMILES string of the molecule is Cl.Cl.NC1CCCN(c2n[nH]c(=O)[nH]2)C1. The quantitative estimate of drug-likeness (QED) is 0.652. The van der Waals surface area contributed by atoms with Crippen LogP contribution in [-0.2, 0) is 0 Å². The summed E-state index contributed by atoms with van der Waals surface area (Å²) in [6.45, 7) is 1.68. The summed E-state index contributed by atoms with van der Waals surface area (Å²) in [7, 11) is 0. The number of hydrogen-bond acceptors (Lipinski definition) is 4. The number of aromatic amines is 2. The molecule has 2 heterocycles. The second kappa shape index (κ2) is 5.99. The fourth-order valence-electron chi connectivity index (χ4n) is 1.61. The van der Waals surface area contributed by atoms with Gasteiger partial charge in [0.2, 0.25) is 5.95 Å². The second-order valence-electron chi connectivity index (χ2n) is 3.35. The van der Waals surface area contributed by atoms with Crippen molar-refractivity contribution in [2.45, 2.75) is 18.9 Å². The summed E-state index contributed by atoms with van der Waals surface area (Å²) in [6.07, 6.45) is 2.10. The van der Waals surface area contributed by atoms with E-state index in [9.17, 15) is 4.79 Å². The first-order chi connectivity index (χ1) is 6.25. The van der Waals surface area contributed by atoms with Crippen molar-refractivity contribution in [3.05, 3.63) is 10.5 Å². The molecule has 1 saturated heterocycles. The predicted molar refractivity (Wildman–Crippen MR) is 63.1 cm³/mol. The molecule has 0 aliphatic carbocycles. The minimum atomic E-state index is -0.269. The van der Waals surface area contributed by atoms with Crippen molar-refractivity contribution in [3.63, 3.8) is 0 Å². The van der Waals surface area contributed by atoms with Crippen molar-refractivity contribution < 1.29 is 0 Å². The maximum atomic E-state index is 10.8. The number of H-pyrrole nitrogens is 2. The third-order valence-corrected chi connectivity index (χ3v) is 2.25. The maximum absolute atomic E-state index is 10.8. The van der Waals surface area contributed by atoms with Gasteiger partial charge in [0.05, 0.1) is 0 Å². The number of piperidine rings is 1. The van der Waals surface area contributed by atoms with Crippen molar-refractivity contribution in [2.75, 3.05) is 18.0 Å². The van der Waals surface area contributed by atoms with Gasteiger partial charge in [-0.25, -0.2) is 9.89 Å². The lowest BCUT2D eigenvalue weighted by molar-refractivity contribution is 0.500. The summed E-state index contributed by atoms with van der Waals surface area (Å²) in [4.78, 5) is 15.4. The third kappa shape index (κ3) is 3.40. The molecule has 0 spiro atoms. The number of halogens is 2. The van der Waals surface area contributed by atoms with Crippen molar-refractivity contribution in [1.82, 2.24) is 15.2 Å². The van der Waals surface area contributed by atoms with Crippen LogP contribution < -0.4 is 16.3 Å². The zero-order valence-electron chi connectivity index (χ0n) is 8.10. The van der Waals surface area contributed by atoms with Crippen LogP contribution >= 0.6 is 24.8 Å². The predicted octanol–water partition coefficient (Wildman–Crippen LogP) is -0.131. The lowest BCUT2D eigenvalue weighted by Gasteiger charge is -2.29. The van der Waals surface area contributed by atoms with Gasteiger partial charge in [0, 0.05) is 19.1 Å². The first-order valence-corrected chi connectivity index (χ1v) is 4.41. The Labute approximate surface area is 99.4 Å². The Morgan fingerprint density at radius 2 is 2.20 bits per heavy atom. The van der Waals surface area contributed by atoms with Gasteiger partial charge < -0.3 is 10.6 Å². The normalized spacial score (nSPS) is 20.3. The van der Waals surface area contributed by atoms with E-state index in [1.807, 2.05) is 4.90 Å². The van der Waals surface area contributed by atoms with Gasteiger partial charge in [-0.1, -0.05) is 0 Å². The smallest absolute Gasteiger partial charge is 0.340 e. The van der Waals surface area contributed by atoms with Gasteiger partial charge in [0.1, 0.15) is 0 Å². The highest BCUT2D eigenvalue weighted by atomic mass is 35.5. The monoisotopic (exact) mass is 255 g/mol. The molecule has 1 aromatic heterocycles.